The van der Waals surface area contributed by atoms with Gasteiger partial charge in [0.25, 0.3) is 0 Å². The second kappa shape index (κ2) is 12.2. The predicted molar refractivity (Wildman–Crippen MR) is 130 cm³/mol. The van der Waals surface area contributed by atoms with Gasteiger partial charge in [-0.2, -0.15) is 0 Å². The third-order valence-electron chi connectivity index (χ3n) is 6.61. The predicted octanol–water partition coefficient (Wildman–Crippen LogP) is 1.39. The monoisotopic (exact) mass is 524 g/mol. The molecule has 6 atom stereocenters. The van der Waals surface area contributed by atoms with E-state index < -0.39 is 36.8 Å². The molecule has 0 aliphatic carbocycles. The van der Waals surface area contributed by atoms with E-state index in [0.717, 1.165) is 29.9 Å². The number of methoxy groups -OCH3 is 1. The molecule has 2 fully saturated rings. The summed E-state index contributed by atoms with van der Waals surface area (Å²) in [6, 6.07) is 12.6. The van der Waals surface area contributed by atoms with Gasteiger partial charge >= 0.3 is 0 Å². The summed E-state index contributed by atoms with van der Waals surface area (Å²) < 4.78 is 28.1. The van der Waals surface area contributed by atoms with E-state index in [0.29, 0.717) is 36.8 Å². The summed E-state index contributed by atoms with van der Waals surface area (Å²) in [6.07, 6.45) is -4.26. The number of benzene rings is 2. The lowest BCUT2D eigenvalue weighted by Gasteiger charge is -2.47. The summed E-state index contributed by atoms with van der Waals surface area (Å²) in [5, 5.41) is 41.3. The molecule has 2 heterocycles. The molecule has 0 radical (unpaired) electrons. The largest absolute Gasteiger partial charge is 0.491 e. The van der Waals surface area contributed by atoms with Crippen molar-refractivity contribution in [2.24, 2.45) is 0 Å². The van der Waals surface area contributed by atoms with Gasteiger partial charge in [-0.3, -0.25) is 0 Å². The minimum absolute atomic E-state index is 0.150. The molecule has 2 aromatic carbocycles. The standard InChI is InChI=1S/C26H33ClO9/c1-32-26(25(31)24(30)23(29)22(14-28)36-26)18-4-7-21(27)17(13-18)12-16-2-5-19(6-3-16)34-10-11-35-20-8-9-33-15-20/h2-7,13,20,22-25,28-31H,8-12,14-15H2,1H3/t20-,22-,23-,24+,25-,26?/m1/s1. The summed E-state index contributed by atoms with van der Waals surface area (Å²) in [4.78, 5) is 0. The molecule has 10 heteroatoms. The van der Waals surface area contributed by atoms with Crippen molar-refractivity contribution in [1.29, 1.82) is 0 Å². The number of ether oxygens (including phenoxy) is 5. The quantitative estimate of drug-likeness (QED) is 0.341. The Balaban J connectivity index is 1.43. The summed E-state index contributed by atoms with van der Waals surface area (Å²) >= 11 is 6.47. The van der Waals surface area contributed by atoms with Crippen LogP contribution in [0.15, 0.2) is 42.5 Å². The van der Waals surface area contributed by atoms with Crippen LogP contribution in [0.2, 0.25) is 5.02 Å². The SMILES string of the molecule is COC1(c2ccc(Cl)c(Cc3ccc(OCCO[C@@H]4CCOC4)cc3)c2)O[C@H](CO)[C@@H](O)[C@H](O)[C@H]1O. The van der Waals surface area contributed by atoms with Crippen LogP contribution in [0, 0.1) is 0 Å². The average Bonchev–Trinajstić information content (AvgIpc) is 3.42. The number of halogens is 1. The second-order valence-corrected chi connectivity index (χ2v) is 9.38. The molecule has 0 spiro atoms. The van der Waals surface area contributed by atoms with Crippen LogP contribution in [0.5, 0.6) is 5.75 Å². The smallest absolute Gasteiger partial charge is 0.224 e. The first-order valence-electron chi connectivity index (χ1n) is 12.0. The Morgan fingerprint density at radius 1 is 1.06 bits per heavy atom. The molecule has 2 aliphatic rings. The van der Waals surface area contributed by atoms with Gasteiger partial charge in [-0.05, 0) is 48.2 Å². The Labute approximate surface area is 215 Å². The fourth-order valence-electron chi connectivity index (χ4n) is 4.54. The third-order valence-corrected chi connectivity index (χ3v) is 6.98. The molecule has 2 saturated heterocycles. The fraction of sp³-hybridized carbons (Fsp3) is 0.538. The van der Waals surface area contributed by atoms with Crippen molar-refractivity contribution < 1.29 is 44.1 Å². The molecule has 4 rings (SSSR count). The molecule has 198 valence electrons. The number of hydrogen-bond donors (Lipinski definition) is 4. The van der Waals surface area contributed by atoms with E-state index in [1.807, 2.05) is 24.3 Å². The van der Waals surface area contributed by atoms with Crippen LogP contribution in [-0.4, -0.2) is 91.1 Å². The van der Waals surface area contributed by atoms with Crippen LogP contribution in [0.4, 0.5) is 0 Å². The Morgan fingerprint density at radius 2 is 1.83 bits per heavy atom. The lowest BCUT2D eigenvalue weighted by molar-refractivity contribution is -0.366. The van der Waals surface area contributed by atoms with E-state index in [2.05, 4.69) is 0 Å². The van der Waals surface area contributed by atoms with Gasteiger partial charge in [0.1, 0.15) is 36.8 Å². The summed E-state index contributed by atoms with van der Waals surface area (Å²) in [5.41, 5.74) is 2.11. The molecule has 4 N–H and O–H groups in total. The molecule has 1 unspecified atom stereocenters. The van der Waals surface area contributed by atoms with Crippen molar-refractivity contribution >= 4 is 11.6 Å². The van der Waals surface area contributed by atoms with Crippen LogP contribution < -0.4 is 4.74 Å². The first-order valence-corrected chi connectivity index (χ1v) is 12.3. The van der Waals surface area contributed by atoms with E-state index in [4.69, 9.17) is 35.3 Å². The van der Waals surface area contributed by atoms with Crippen molar-refractivity contribution in [2.45, 2.75) is 49.1 Å². The first kappa shape index (κ1) is 27.3. The van der Waals surface area contributed by atoms with Gasteiger partial charge in [-0.15, -0.1) is 0 Å². The Morgan fingerprint density at radius 3 is 2.50 bits per heavy atom. The Bertz CT molecular complexity index is 980. The summed E-state index contributed by atoms with van der Waals surface area (Å²) in [5.74, 6) is -1.07. The highest BCUT2D eigenvalue weighted by atomic mass is 35.5. The van der Waals surface area contributed by atoms with E-state index in [1.54, 1.807) is 18.2 Å². The maximum absolute atomic E-state index is 10.8. The van der Waals surface area contributed by atoms with Crippen molar-refractivity contribution in [3.8, 4) is 5.75 Å². The summed E-state index contributed by atoms with van der Waals surface area (Å²) in [6.45, 7) is 1.76. The Hall–Kier alpha value is -1.79. The lowest BCUT2D eigenvalue weighted by Crippen LogP contribution is -2.64. The third kappa shape index (κ3) is 5.85. The minimum Gasteiger partial charge on any atom is -0.491 e. The van der Waals surface area contributed by atoms with Gasteiger partial charge in [0.2, 0.25) is 5.79 Å². The van der Waals surface area contributed by atoms with Crippen LogP contribution in [-0.2, 0) is 31.2 Å². The van der Waals surface area contributed by atoms with Crippen molar-refractivity contribution in [3.63, 3.8) is 0 Å². The zero-order chi connectivity index (χ0) is 25.7. The fourth-order valence-corrected chi connectivity index (χ4v) is 4.72. The maximum atomic E-state index is 10.8. The van der Waals surface area contributed by atoms with Crippen molar-refractivity contribution in [1.82, 2.24) is 0 Å². The molecule has 0 bridgehead atoms. The topological polar surface area (TPSA) is 127 Å². The first-order chi connectivity index (χ1) is 17.4. The highest BCUT2D eigenvalue weighted by Crippen LogP contribution is 2.40. The molecule has 0 aromatic heterocycles. The van der Waals surface area contributed by atoms with E-state index in [9.17, 15) is 20.4 Å². The van der Waals surface area contributed by atoms with Crippen LogP contribution in [0.1, 0.15) is 23.1 Å². The zero-order valence-electron chi connectivity index (χ0n) is 20.1. The summed E-state index contributed by atoms with van der Waals surface area (Å²) in [7, 11) is 1.32. The number of rotatable bonds is 10. The number of aliphatic hydroxyl groups excluding tert-OH is 4. The zero-order valence-corrected chi connectivity index (χ0v) is 20.8. The van der Waals surface area contributed by atoms with Crippen LogP contribution in [0.25, 0.3) is 0 Å². The van der Waals surface area contributed by atoms with Gasteiger partial charge in [-0.1, -0.05) is 29.8 Å². The van der Waals surface area contributed by atoms with Gasteiger partial charge in [0.15, 0.2) is 0 Å². The Kier molecular flexibility index (Phi) is 9.21. The van der Waals surface area contributed by atoms with Crippen molar-refractivity contribution in [2.75, 3.05) is 40.1 Å². The average molecular weight is 525 g/mol. The van der Waals surface area contributed by atoms with Gasteiger partial charge < -0.3 is 44.1 Å². The minimum atomic E-state index is -1.80. The molecular formula is C26H33ClO9. The molecule has 9 nitrogen and oxygen atoms in total. The van der Waals surface area contributed by atoms with E-state index in [1.165, 1.54) is 7.11 Å². The van der Waals surface area contributed by atoms with Gasteiger partial charge in [-0.25, -0.2) is 0 Å². The molecule has 2 aromatic rings. The molecule has 0 amide bonds. The van der Waals surface area contributed by atoms with Gasteiger partial charge in [0.05, 0.1) is 25.9 Å². The number of aliphatic hydroxyl groups is 4. The number of hydrogen-bond acceptors (Lipinski definition) is 9. The highest BCUT2D eigenvalue weighted by molar-refractivity contribution is 6.31. The molecule has 2 aliphatic heterocycles. The maximum Gasteiger partial charge on any atom is 0.224 e. The lowest BCUT2D eigenvalue weighted by atomic mass is 9.87. The molecular weight excluding hydrogens is 492 g/mol. The highest BCUT2D eigenvalue weighted by Gasteiger charge is 2.55. The molecule has 0 saturated carbocycles. The second-order valence-electron chi connectivity index (χ2n) is 8.97. The van der Waals surface area contributed by atoms with Gasteiger partial charge in [0, 0.05) is 24.3 Å². The normalized spacial score (nSPS) is 30.4. The molecule has 36 heavy (non-hydrogen) atoms. The van der Waals surface area contributed by atoms with Crippen molar-refractivity contribution in [3.05, 3.63) is 64.2 Å². The van der Waals surface area contributed by atoms with E-state index in [-0.39, 0.29) is 6.10 Å². The van der Waals surface area contributed by atoms with Crippen LogP contribution >= 0.6 is 11.6 Å². The van der Waals surface area contributed by atoms with Crippen LogP contribution in [0.3, 0.4) is 0 Å². The van der Waals surface area contributed by atoms with E-state index >= 15 is 0 Å².